The third kappa shape index (κ3) is 5.87. The molecule has 10 heteroatoms. The van der Waals surface area contributed by atoms with Gasteiger partial charge in [-0.2, -0.15) is 13.2 Å². The average molecular weight is 435 g/mol. The molecule has 0 aliphatic carbocycles. The van der Waals surface area contributed by atoms with Crippen LogP contribution in [-0.2, 0) is 0 Å². The highest BCUT2D eigenvalue weighted by molar-refractivity contribution is 9.10. The average Bonchev–Trinajstić information content (AvgIpc) is 2.46. The van der Waals surface area contributed by atoms with Crippen molar-refractivity contribution < 1.29 is 22.4 Å². The summed E-state index contributed by atoms with van der Waals surface area (Å²) in [5.74, 6) is -1.38. The number of carbonyl (C=O) groups excluding carboxylic acids is 1. The summed E-state index contributed by atoms with van der Waals surface area (Å²) >= 11 is 3.04. The van der Waals surface area contributed by atoms with E-state index in [1.807, 2.05) is 0 Å². The first-order valence-electron chi connectivity index (χ1n) is 7.03. The van der Waals surface area contributed by atoms with Gasteiger partial charge in [0.25, 0.3) is 5.91 Å². The van der Waals surface area contributed by atoms with Gasteiger partial charge in [-0.3, -0.25) is 9.69 Å². The number of hydrogen-bond acceptors (Lipinski definition) is 3. The van der Waals surface area contributed by atoms with E-state index in [2.05, 4.69) is 26.6 Å². The van der Waals surface area contributed by atoms with Crippen molar-refractivity contribution in [3.05, 3.63) is 34.1 Å². The Balaban J connectivity index is 0.00000288. The number of carbonyl (C=O) groups is 1. The van der Waals surface area contributed by atoms with Crippen molar-refractivity contribution in [3.8, 4) is 0 Å². The fraction of sp³-hybridized carbons (Fsp3) is 0.500. The van der Waals surface area contributed by atoms with Gasteiger partial charge in [-0.05, 0) is 18.2 Å². The van der Waals surface area contributed by atoms with Crippen molar-refractivity contribution in [3.63, 3.8) is 0 Å². The van der Waals surface area contributed by atoms with Crippen LogP contribution >= 0.6 is 28.3 Å². The van der Waals surface area contributed by atoms with Crippen molar-refractivity contribution in [2.45, 2.75) is 12.2 Å². The summed E-state index contributed by atoms with van der Waals surface area (Å²) in [6.45, 7) is 0.877. The lowest BCUT2D eigenvalue weighted by molar-refractivity contribution is -0.183. The number of benzene rings is 1. The van der Waals surface area contributed by atoms with Crippen LogP contribution in [0.25, 0.3) is 0 Å². The monoisotopic (exact) mass is 433 g/mol. The molecule has 2 rings (SSSR count). The molecule has 1 aliphatic heterocycles. The zero-order valence-corrected chi connectivity index (χ0v) is 14.9. The molecule has 1 saturated heterocycles. The molecule has 1 fully saturated rings. The van der Waals surface area contributed by atoms with Crippen LogP contribution < -0.4 is 10.6 Å². The number of halogens is 6. The number of amides is 1. The van der Waals surface area contributed by atoms with E-state index in [0.29, 0.717) is 17.6 Å². The van der Waals surface area contributed by atoms with E-state index in [4.69, 9.17) is 0 Å². The summed E-state index contributed by atoms with van der Waals surface area (Å²) in [6.07, 6.45) is -4.45. The van der Waals surface area contributed by atoms with Crippen LogP contribution in [0.4, 0.5) is 17.6 Å². The number of hydrogen-bond donors (Lipinski definition) is 2. The van der Waals surface area contributed by atoms with E-state index in [1.165, 1.54) is 11.0 Å². The van der Waals surface area contributed by atoms with Crippen molar-refractivity contribution >= 4 is 34.2 Å². The quantitative estimate of drug-likeness (QED) is 0.716. The zero-order valence-electron chi connectivity index (χ0n) is 12.5. The SMILES string of the molecule is Cl.O=C(NCC(N1CCNCC1)C(F)(F)F)c1cc(F)cc(Br)c1. The molecule has 2 N–H and O–H groups in total. The Kier molecular flexibility index (Phi) is 7.91. The number of nitrogens with zero attached hydrogens (tertiary/aromatic N) is 1. The Morgan fingerprint density at radius 3 is 2.46 bits per heavy atom. The first-order chi connectivity index (χ1) is 10.8. The third-order valence-corrected chi connectivity index (χ3v) is 4.01. The second-order valence-corrected chi connectivity index (χ2v) is 6.13. The minimum Gasteiger partial charge on any atom is -0.350 e. The number of rotatable bonds is 4. The van der Waals surface area contributed by atoms with Gasteiger partial charge in [0.05, 0.1) is 0 Å². The lowest BCUT2D eigenvalue weighted by atomic mass is 10.1. The number of piperazine rings is 1. The molecule has 0 aromatic heterocycles. The normalized spacial score (nSPS) is 17.0. The molecule has 1 aromatic rings. The van der Waals surface area contributed by atoms with E-state index in [-0.39, 0.29) is 31.1 Å². The van der Waals surface area contributed by atoms with Gasteiger partial charge in [0.15, 0.2) is 0 Å². The van der Waals surface area contributed by atoms with Gasteiger partial charge in [-0.15, -0.1) is 12.4 Å². The van der Waals surface area contributed by atoms with E-state index in [1.54, 1.807) is 0 Å². The lowest BCUT2D eigenvalue weighted by Crippen LogP contribution is -2.57. The molecule has 0 saturated carbocycles. The molecular weight excluding hydrogens is 418 g/mol. The highest BCUT2D eigenvalue weighted by atomic mass is 79.9. The summed E-state index contributed by atoms with van der Waals surface area (Å²) in [6, 6.07) is 1.74. The summed E-state index contributed by atoms with van der Waals surface area (Å²) in [4.78, 5) is 13.3. The predicted molar refractivity (Wildman–Crippen MR) is 88.0 cm³/mol. The topological polar surface area (TPSA) is 44.4 Å². The van der Waals surface area contributed by atoms with E-state index in [9.17, 15) is 22.4 Å². The molecule has 1 unspecified atom stereocenters. The molecule has 0 bridgehead atoms. The fourth-order valence-corrected chi connectivity index (χ4v) is 2.89. The molecule has 1 atom stereocenters. The molecule has 0 spiro atoms. The molecule has 1 aliphatic rings. The lowest BCUT2D eigenvalue weighted by Gasteiger charge is -2.35. The standard InChI is InChI=1S/C14H16BrF4N3O.ClH/c15-10-5-9(6-11(16)7-10)13(23)21-8-12(14(17,18)19)22-3-1-20-2-4-22;/h5-7,12,20H,1-4,8H2,(H,21,23);1H. The van der Waals surface area contributed by atoms with Crippen LogP contribution in [0.1, 0.15) is 10.4 Å². The van der Waals surface area contributed by atoms with Crippen LogP contribution in [0.2, 0.25) is 0 Å². The predicted octanol–water partition coefficient (Wildman–Crippen LogP) is 2.58. The molecule has 24 heavy (non-hydrogen) atoms. The fourth-order valence-electron chi connectivity index (χ4n) is 2.42. The van der Waals surface area contributed by atoms with Crippen molar-refractivity contribution in [1.29, 1.82) is 0 Å². The molecule has 1 aromatic carbocycles. The maximum Gasteiger partial charge on any atom is 0.405 e. The Bertz CT molecular complexity index is 547. The van der Waals surface area contributed by atoms with Gasteiger partial charge >= 0.3 is 6.18 Å². The van der Waals surface area contributed by atoms with Crippen LogP contribution in [-0.4, -0.2) is 55.7 Å². The molecule has 1 amide bonds. The largest absolute Gasteiger partial charge is 0.405 e. The smallest absolute Gasteiger partial charge is 0.350 e. The minimum atomic E-state index is -4.45. The van der Waals surface area contributed by atoms with Crippen LogP contribution in [0.15, 0.2) is 22.7 Å². The summed E-state index contributed by atoms with van der Waals surface area (Å²) in [7, 11) is 0. The van der Waals surface area contributed by atoms with Crippen LogP contribution in [0.5, 0.6) is 0 Å². The summed E-state index contributed by atoms with van der Waals surface area (Å²) in [5.41, 5.74) is -0.0295. The van der Waals surface area contributed by atoms with E-state index in [0.717, 1.165) is 12.1 Å². The summed E-state index contributed by atoms with van der Waals surface area (Å²) in [5, 5.41) is 5.23. The van der Waals surface area contributed by atoms with Gasteiger partial charge in [-0.25, -0.2) is 4.39 Å². The second kappa shape index (κ2) is 8.98. The van der Waals surface area contributed by atoms with Crippen molar-refractivity contribution in [2.75, 3.05) is 32.7 Å². The highest BCUT2D eigenvalue weighted by Crippen LogP contribution is 2.25. The molecule has 1 heterocycles. The van der Waals surface area contributed by atoms with E-state index < -0.39 is 30.5 Å². The first-order valence-corrected chi connectivity index (χ1v) is 7.82. The Labute approximate surface area is 151 Å². The van der Waals surface area contributed by atoms with Crippen molar-refractivity contribution in [2.24, 2.45) is 0 Å². The van der Waals surface area contributed by atoms with E-state index >= 15 is 0 Å². The molecule has 136 valence electrons. The van der Waals surface area contributed by atoms with Crippen molar-refractivity contribution in [1.82, 2.24) is 15.5 Å². The zero-order chi connectivity index (χ0) is 17.0. The summed E-state index contributed by atoms with van der Waals surface area (Å²) < 4.78 is 53.2. The highest BCUT2D eigenvalue weighted by Gasteiger charge is 2.43. The van der Waals surface area contributed by atoms with Gasteiger partial charge in [0.2, 0.25) is 0 Å². The third-order valence-electron chi connectivity index (χ3n) is 3.55. The van der Waals surface area contributed by atoms with Crippen LogP contribution in [0, 0.1) is 5.82 Å². The van der Waals surface area contributed by atoms with Gasteiger partial charge in [0, 0.05) is 42.8 Å². The molecular formula is C14H17BrClF4N3O. The first kappa shape index (κ1) is 21.1. The Morgan fingerprint density at radius 1 is 1.29 bits per heavy atom. The molecule has 0 radical (unpaired) electrons. The number of nitrogens with one attached hydrogen (secondary N) is 2. The minimum absolute atomic E-state index is 0. The molecule has 4 nitrogen and oxygen atoms in total. The maximum absolute atomic E-state index is 13.3. The van der Waals surface area contributed by atoms with Gasteiger partial charge in [0.1, 0.15) is 11.9 Å². The maximum atomic E-state index is 13.3. The van der Waals surface area contributed by atoms with Gasteiger partial charge < -0.3 is 10.6 Å². The number of alkyl halides is 3. The van der Waals surface area contributed by atoms with Gasteiger partial charge in [-0.1, -0.05) is 15.9 Å². The second-order valence-electron chi connectivity index (χ2n) is 5.21. The Hall–Kier alpha value is -0.900. The van der Waals surface area contributed by atoms with Crippen LogP contribution in [0.3, 0.4) is 0 Å². The Morgan fingerprint density at radius 2 is 1.92 bits per heavy atom.